The fourth-order valence-corrected chi connectivity index (χ4v) is 4.95. The van der Waals surface area contributed by atoms with Crippen LogP contribution in [0, 0.1) is 37.5 Å². The zero-order valence-corrected chi connectivity index (χ0v) is 13.9. The smallest absolute Gasteiger partial charge is 0.271 e. The summed E-state index contributed by atoms with van der Waals surface area (Å²) in [6.45, 7) is 3.82. The number of carbonyl (C=O) groups excluding carboxylic acids is 3. The van der Waals surface area contributed by atoms with Gasteiger partial charge in [-0.2, -0.15) is 5.01 Å². The van der Waals surface area contributed by atoms with E-state index in [-0.39, 0.29) is 41.4 Å². The molecular formula is C17H18N2O3S. The van der Waals surface area contributed by atoms with Crippen molar-refractivity contribution >= 4 is 29.1 Å². The average Bonchev–Trinajstić information content (AvgIpc) is 3.02. The van der Waals surface area contributed by atoms with Gasteiger partial charge in [-0.25, -0.2) is 0 Å². The van der Waals surface area contributed by atoms with Gasteiger partial charge < -0.3 is 0 Å². The van der Waals surface area contributed by atoms with Crippen LogP contribution in [-0.4, -0.2) is 22.7 Å². The van der Waals surface area contributed by atoms with Gasteiger partial charge in [0.1, 0.15) is 0 Å². The lowest BCUT2D eigenvalue weighted by molar-refractivity contribution is -0.143. The van der Waals surface area contributed by atoms with Crippen molar-refractivity contribution in [1.82, 2.24) is 10.4 Å². The van der Waals surface area contributed by atoms with Crippen LogP contribution in [0.25, 0.3) is 0 Å². The molecule has 0 radical (unpaired) electrons. The minimum Gasteiger partial charge on any atom is -0.272 e. The summed E-state index contributed by atoms with van der Waals surface area (Å²) in [4.78, 5) is 38.8. The van der Waals surface area contributed by atoms with Gasteiger partial charge in [-0.15, -0.1) is 11.3 Å². The first-order valence-electron chi connectivity index (χ1n) is 7.91. The number of rotatable bonds is 2. The average molecular weight is 330 g/mol. The summed E-state index contributed by atoms with van der Waals surface area (Å²) in [5.74, 6) is -1.21. The molecule has 0 unspecified atom stereocenters. The number of carbonyl (C=O) groups is 3. The Hall–Kier alpha value is -1.95. The normalized spacial score (nSPS) is 31.7. The molecule has 1 aliphatic heterocycles. The van der Waals surface area contributed by atoms with Gasteiger partial charge >= 0.3 is 0 Å². The number of allylic oxidation sites excluding steroid dienone is 2. The van der Waals surface area contributed by atoms with Crippen molar-refractivity contribution in [3.63, 3.8) is 0 Å². The zero-order valence-electron chi connectivity index (χ0n) is 13.0. The maximum absolute atomic E-state index is 12.7. The lowest BCUT2D eigenvalue weighted by Gasteiger charge is -2.37. The van der Waals surface area contributed by atoms with Gasteiger partial charge in [-0.3, -0.25) is 19.8 Å². The van der Waals surface area contributed by atoms with Crippen LogP contribution in [0.1, 0.15) is 33.6 Å². The minimum absolute atomic E-state index is 0.133. The molecule has 4 aliphatic rings. The largest absolute Gasteiger partial charge is 0.272 e. The molecule has 2 heterocycles. The maximum Gasteiger partial charge on any atom is 0.271 e. The molecule has 5 rings (SSSR count). The van der Waals surface area contributed by atoms with E-state index in [1.807, 2.05) is 13.8 Å². The fraction of sp³-hybridized carbons (Fsp3) is 0.471. The Balaban J connectivity index is 1.59. The van der Waals surface area contributed by atoms with E-state index in [2.05, 4.69) is 17.6 Å². The van der Waals surface area contributed by atoms with E-state index in [0.29, 0.717) is 5.56 Å². The fourth-order valence-electron chi connectivity index (χ4n) is 4.08. The van der Waals surface area contributed by atoms with E-state index in [4.69, 9.17) is 0 Å². The van der Waals surface area contributed by atoms with Crippen molar-refractivity contribution in [1.29, 1.82) is 0 Å². The third kappa shape index (κ3) is 2.01. The van der Waals surface area contributed by atoms with Crippen molar-refractivity contribution in [2.75, 3.05) is 0 Å². The number of imide groups is 1. The SMILES string of the molecule is Cc1scc(C(=O)NN2C(=O)[C@@H]3[C@@H](C2=O)[C@@H]2C=C[C@@H]3CC2)c1C. The Morgan fingerprint density at radius 1 is 1.13 bits per heavy atom. The maximum atomic E-state index is 12.7. The second-order valence-electron chi connectivity index (χ2n) is 6.62. The van der Waals surface area contributed by atoms with Crippen molar-refractivity contribution < 1.29 is 14.4 Å². The highest BCUT2D eigenvalue weighted by atomic mass is 32.1. The highest BCUT2D eigenvalue weighted by Crippen LogP contribution is 2.49. The highest BCUT2D eigenvalue weighted by Gasteiger charge is 2.57. The Labute approximate surface area is 138 Å². The van der Waals surface area contributed by atoms with Crippen LogP contribution >= 0.6 is 11.3 Å². The molecular weight excluding hydrogens is 312 g/mol. The van der Waals surface area contributed by atoms with Crippen molar-refractivity contribution in [2.45, 2.75) is 26.7 Å². The van der Waals surface area contributed by atoms with E-state index >= 15 is 0 Å². The number of hydrogen-bond acceptors (Lipinski definition) is 4. The first kappa shape index (κ1) is 14.6. The number of nitrogens with zero attached hydrogens (tertiary/aromatic N) is 1. The predicted octanol–water partition coefficient (Wildman–Crippen LogP) is 2.21. The standard InChI is InChI=1S/C17H18N2O3S/c1-8-9(2)23-7-12(8)15(20)18-19-16(21)13-10-3-4-11(6-5-10)14(13)17(19)22/h3-4,7,10-11,13-14H,5-6H2,1-2H3,(H,18,20)/t10-,11-,13+,14+/m1/s1. The van der Waals surface area contributed by atoms with Crippen molar-refractivity contribution in [3.8, 4) is 0 Å². The van der Waals surface area contributed by atoms with Gasteiger partial charge in [0.15, 0.2) is 0 Å². The lowest BCUT2D eigenvalue weighted by atomic mass is 9.63. The summed E-state index contributed by atoms with van der Waals surface area (Å²) in [5.41, 5.74) is 3.97. The summed E-state index contributed by atoms with van der Waals surface area (Å²) in [6, 6.07) is 0. The quantitative estimate of drug-likeness (QED) is 0.668. The first-order valence-corrected chi connectivity index (χ1v) is 8.79. The number of thiophene rings is 1. The van der Waals surface area contributed by atoms with Crippen LogP contribution in [0.3, 0.4) is 0 Å². The number of aryl methyl sites for hydroxylation is 1. The van der Waals surface area contributed by atoms with Gasteiger partial charge in [0, 0.05) is 10.3 Å². The van der Waals surface area contributed by atoms with Crippen LogP contribution in [0.15, 0.2) is 17.5 Å². The number of amides is 3. The number of hydrazine groups is 1. The molecule has 1 aromatic rings. The summed E-state index contributed by atoms with van der Waals surface area (Å²) in [5, 5.41) is 2.74. The molecule has 3 aliphatic carbocycles. The van der Waals surface area contributed by atoms with Gasteiger partial charge in [0.05, 0.1) is 17.4 Å². The number of hydrogen-bond donors (Lipinski definition) is 1. The van der Waals surface area contributed by atoms with Crippen LogP contribution in [0.5, 0.6) is 0 Å². The summed E-state index contributed by atoms with van der Waals surface area (Å²) < 4.78 is 0. The van der Waals surface area contributed by atoms with Crippen LogP contribution in [0.2, 0.25) is 0 Å². The van der Waals surface area contributed by atoms with Crippen LogP contribution in [-0.2, 0) is 9.59 Å². The molecule has 3 amide bonds. The molecule has 120 valence electrons. The third-order valence-electron chi connectivity index (χ3n) is 5.50. The van der Waals surface area contributed by atoms with Gasteiger partial charge in [0.25, 0.3) is 17.7 Å². The van der Waals surface area contributed by atoms with E-state index in [0.717, 1.165) is 28.3 Å². The van der Waals surface area contributed by atoms with E-state index < -0.39 is 0 Å². The molecule has 23 heavy (non-hydrogen) atoms. The molecule has 0 aromatic carbocycles. The van der Waals surface area contributed by atoms with E-state index in [9.17, 15) is 14.4 Å². The summed E-state index contributed by atoms with van der Waals surface area (Å²) >= 11 is 1.49. The van der Waals surface area contributed by atoms with Gasteiger partial charge in [0.2, 0.25) is 0 Å². The molecule has 2 fully saturated rings. The lowest BCUT2D eigenvalue weighted by Crippen LogP contribution is -2.46. The predicted molar refractivity (Wildman–Crippen MR) is 85.4 cm³/mol. The van der Waals surface area contributed by atoms with E-state index in [1.165, 1.54) is 11.3 Å². The molecule has 5 nitrogen and oxygen atoms in total. The Bertz CT molecular complexity index is 719. The molecule has 1 saturated heterocycles. The highest BCUT2D eigenvalue weighted by molar-refractivity contribution is 7.10. The Morgan fingerprint density at radius 2 is 1.70 bits per heavy atom. The Kier molecular flexibility index (Phi) is 3.20. The molecule has 2 bridgehead atoms. The summed E-state index contributed by atoms with van der Waals surface area (Å²) in [7, 11) is 0. The Morgan fingerprint density at radius 3 is 2.13 bits per heavy atom. The van der Waals surface area contributed by atoms with Gasteiger partial charge in [-0.1, -0.05) is 12.2 Å². The number of fused-ring (bicyclic) bond motifs is 1. The number of nitrogens with one attached hydrogen (secondary N) is 1. The van der Waals surface area contributed by atoms with Crippen molar-refractivity contribution in [3.05, 3.63) is 33.5 Å². The van der Waals surface area contributed by atoms with Crippen LogP contribution in [0.4, 0.5) is 0 Å². The van der Waals surface area contributed by atoms with Crippen LogP contribution < -0.4 is 5.43 Å². The molecule has 1 saturated carbocycles. The third-order valence-corrected chi connectivity index (χ3v) is 6.52. The molecule has 1 aromatic heterocycles. The first-order chi connectivity index (χ1) is 11.0. The monoisotopic (exact) mass is 330 g/mol. The second kappa shape index (κ2) is 5.03. The van der Waals surface area contributed by atoms with E-state index in [1.54, 1.807) is 5.38 Å². The van der Waals surface area contributed by atoms with Crippen molar-refractivity contribution in [2.24, 2.45) is 23.7 Å². The topological polar surface area (TPSA) is 66.5 Å². The van der Waals surface area contributed by atoms with Gasteiger partial charge in [-0.05, 0) is 44.1 Å². The molecule has 4 atom stereocenters. The summed E-state index contributed by atoms with van der Waals surface area (Å²) in [6.07, 6.45) is 6.04. The second-order valence-corrected chi connectivity index (χ2v) is 7.71. The molecule has 6 heteroatoms. The minimum atomic E-state index is -0.382. The molecule has 0 spiro atoms. The molecule has 1 N–H and O–H groups in total. The zero-order chi connectivity index (χ0) is 16.3.